The van der Waals surface area contributed by atoms with E-state index in [4.69, 9.17) is 10.00 Å². The molecule has 1 aromatic carbocycles. The highest BCUT2D eigenvalue weighted by Gasteiger charge is 2.16. The molecule has 2 rings (SSSR count). The van der Waals surface area contributed by atoms with Crippen LogP contribution in [-0.4, -0.2) is 16.7 Å². The predicted molar refractivity (Wildman–Crippen MR) is 84.2 cm³/mol. The smallest absolute Gasteiger partial charge is 0.412 e. The number of nitrogens with zero attached hydrogens (tertiary/aromatic N) is 2. The second-order valence-corrected chi connectivity index (χ2v) is 5.71. The van der Waals surface area contributed by atoms with Gasteiger partial charge in [-0.25, -0.2) is 4.79 Å². The Bertz CT molecular complexity index is 727. The van der Waals surface area contributed by atoms with Crippen molar-refractivity contribution in [2.24, 2.45) is 0 Å². The largest absolute Gasteiger partial charge is 0.444 e. The molecule has 22 heavy (non-hydrogen) atoms. The lowest BCUT2D eigenvalue weighted by Gasteiger charge is -2.19. The molecule has 1 amide bonds. The number of hydrogen-bond donors (Lipinski definition) is 1. The van der Waals surface area contributed by atoms with E-state index in [-0.39, 0.29) is 0 Å². The number of benzene rings is 1. The van der Waals surface area contributed by atoms with Gasteiger partial charge < -0.3 is 4.74 Å². The molecule has 1 N–H and O–H groups in total. The van der Waals surface area contributed by atoms with Gasteiger partial charge in [0.05, 0.1) is 17.3 Å². The highest BCUT2D eigenvalue weighted by atomic mass is 16.6. The quantitative estimate of drug-likeness (QED) is 0.909. The summed E-state index contributed by atoms with van der Waals surface area (Å²) in [4.78, 5) is 16.0. The molecular weight excluding hydrogens is 278 g/mol. The zero-order valence-electron chi connectivity index (χ0n) is 12.8. The summed E-state index contributed by atoms with van der Waals surface area (Å²) in [7, 11) is 0. The van der Waals surface area contributed by atoms with E-state index >= 15 is 0 Å². The first-order chi connectivity index (χ1) is 10.4. The van der Waals surface area contributed by atoms with Gasteiger partial charge in [-0.15, -0.1) is 0 Å². The molecule has 112 valence electrons. The molecule has 0 radical (unpaired) electrons. The summed E-state index contributed by atoms with van der Waals surface area (Å²) in [5.41, 5.74) is 1.87. The van der Waals surface area contributed by atoms with Crippen LogP contribution < -0.4 is 5.32 Å². The number of anilines is 1. The molecule has 0 saturated carbocycles. The van der Waals surface area contributed by atoms with Crippen LogP contribution in [0.4, 0.5) is 10.5 Å². The average Bonchev–Trinajstić information content (AvgIpc) is 2.45. The van der Waals surface area contributed by atoms with Gasteiger partial charge in [0.1, 0.15) is 5.60 Å². The Morgan fingerprint density at radius 2 is 2.00 bits per heavy atom. The fraction of sp³-hybridized carbons (Fsp3) is 0.235. The Hall–Kier alpha value is -2.87. The topological polar surface area (TPSA) is 75.0 Å². The van der Waals surface area contributed by atoms with E-state index in [9.17, 15) is 4.79 Å². The molecule has 1 heterocycles. The van der Waals surface area contributed by atoms with Gasteiger partial charge in [0, 0.05) is 17.4 Å². The monoisotopic (exact) mass is 295 g/mol. The van der Waals surface area contributed by atoms with E-state index in [0.29, 0.717) is 16.9 Å². The molecule has 0 spiro atoms. The van der Waals surface area contributed by atoms with Gasteiger partial charge in [0.2, 0.25) is 0 Å². The van der Waals surface area contributed by atoms with Crippen molar-refractivity contribution in [3.8, 4) is 17.3 Å². The van der Waals surface area contributed by atoms with Gasteiger partial charge in [-0.05, 0) is 39.0 Å². The van der Waals surface area contributed by atoms with Gasteiger partial charge in [-0.2, -0.15) is 5.26 Å². The third-order valence-electron chi connectivity index (χ3n) is 2.73. The Balaban J connectivity index is 2.24. The molecule has 0 aliphatic carbocycles. The van der Waals surface area contributed by atoms with Crippen LogP contribution in [0.5, 0.6) is 0 Å². The number of ether oxygens (including phenoxy) is 1. The molecule has 5 heteroatoms. The normalized spacial score (nSPS) is 10.6. The van der Waals surface area contributed by atoms with Gasteiger partial charge in [0.25, 0.3) is 0 Å². The summed E-state index contributed by atoms with van der Waals surface area (Å²) in [6.45, 7) is 5.40. The fourth-order valence-corrected chi connectivity index (χ4v) is 1.88. The van der Waals surface area contributed by atoms with Crippen LogP contribution in [0.1, 0.15) is 26.3 Å². The average molecular weight is 295 g/mol. The van der Waals surface area contributed by atoms with Crippen LogP contribution in [-0.2, 0) is 4.74 Å². The molecule has 0 fully saturated rings. The van der Waals surface area contributed by atoms with Crippen molar-refractivity contribution in [3.05, 3.63) is 48.2 Å². The summed E-state index contributed by atoms with van der Waals surface area (Å²) in [6, 6.07) is 12.7. The minimum atomic E-state index is -0.562. The molecule has 0 saturated heterocycles. The summed E-state index contributed by atoms with van der Waals surface area (Å²) < 4.78 is 5.21. The fourth-order valence-electron chi connectivity index (χ4n) is 1.88. The SMILES string of the molecule is CC(C)(C)OC(=O)Nc1ccnc(-c2ccccc2C#N)c1. The van der Waals surface area contributed by atoms with Crippen LogP contribution in [0.25, 0.3) is 11.3 Å². The Labute approximate surface area is 129 Å². The van der Waals surface area contributed by atoms with Crippen molar-refractivity contribution in [2.45, 2.75) is 26.4 Å². The highest BCUT2D eigenvalue weighted by Crippen LogP contribution is 2.23. The number of rotatable bonds is 2. The van der Waals surface area contributed by atoms with Crippen LogP contribution in [0.15, 0.2) is 42.6 Å². The van der Waals surface area contributed by atoms with Crippen LogP contribution in [0, 0.1) is 11.3 Å². The van der Waals surface area contributed by atoms with E-state index in [2.05, 4.69) is 16.4 Å². The van der Waals surface area contributed by atoms with Crippen molar-refractivity contribution in [1.29, 1.82) is 5.26 Å². The van der Waals surface area contributed by atoms with Crippen molar-refractivity contribution in [2.75, 3.05) is 5.32 Å². The highest BCUT2D eigenvalue weighted by molar-refractivity contribution is 5.86. The molecule has 1 aromatic heterocycles. The van der Waals surface area contributed by atoms with E-state index < -0.39 is 11.7 Å². The number of nitriles is 1. The summed E-state index contributed by atoms with van der Waals surface area (Å²) >= 11 is 0. The standard InChI is InChI=1S/C17H17N3O2/c1-17(2,3)22-16(21)20-13-8-9-19-15(10-13)14-7-5-4-6-12(14)11-18/h4-10H,1-3H3,(H,19,20,21). The van der Waals surface area contributed by atoms with Crippen molar-refractivity contribution >= 4 is 11.8 Å². The predicted octanol–water partition coefficient (Wildman–Crippen LogP) is 3.97. The maximum Gasteiger partial charge on any atom is 0.412 e. The zero-order chi connectivity index (χ0) is 16.2. The molecular formula is C17H17N3O2. The third kappa shape index (κ3) is 4.06. The Morgan fingerprint density at radius 1 is 1.27 bits per heavy atom. The van der Waals surface area contributed by atoms with Gasteiger partial charge in [-0.1, -0.05) is 18.2 Å². The molecule has 0 aliphatic rings. The van der Waals surface area contributed by atoms with E-state index in [0.717, 1.165) is 5.56 Å². The lowest BCUT2D eigenvalue weighted by Crippen LogP contribution is -2.27. The summed E-state index contributed by atoms with van der Waals surface area (Å²) in [5, 5.41) is 11.8. The van der Waals surface area contributed by atoms with Crippen molar-refractivity contribution in [3.63, 3.8) is 0 Å². The molecule has 2 aromatic rings. The summed E-state index contributed by atoms with van der Waals surface area (Å²) in [6.07, 6.45) is 1.05. The van der Waals surface area contributed by atoms with E-state index in [1.807, 2.05) is 12.1 Å². The first-order valence-corrected chi connectivity index (χ1v) is 6.84. The van der Waals surface area contributed by atoms with Gasteiger partial charge in [0.15, 0.2) is 0 Å². The van der Waals surface area contributed by atoms with Gasteiger partial charge >= 0.3 is 6.09 Å². The van der Waals surface area contributed by atoms with Crippen molar-refractivity contribution in [1.82, 2.24) is 4.98 Å². The number of carbonyl (C=O) groups is 1. The number of aromatic nitrogens is 1. The molecule has 0 unspecified atom stereocenters. The number of nitrogens with one attached hydrogen (secondary N) is 1. The maximum atomic E-state index is 11.8. The maximum absolute atomic E-state index is 11.8. The minimum absolute atomic E-state index is 0.529. The number of hydrogen-bond acceptors (Lipinski definition) is 4. The van der Waals surface area contributed by atoms with Crippen LogP contribution in [0.3, 0.4) is 0 Å². The molecule has 0 aliphatic heterocycles. The van der Waals surface area contributed by atoms with Crippen LogP contribution >= 0.6 is 0 Å². The second-order valence-electron chi connectivity index (χ2n) is 5.71. The van der Waals surface area contributed by atoms with E-state index in [1.165, 1.54) is 0 Å². The van der Waals surface area contributed by atoms with Crippen LogP contribution in [0.2, 0.25) is 0 Å². The van der Waals surface area contributed by atoms with E-state index in [1.54, 1.807) is 51.2 Å². The third-order valence-corrected chi connectivity index (χ3v) is 2.73. The zero-order valence-corrected chi connectivity index (χ0v) is 12.8. The van der Waals surface area contributed by atoms with Gasteiger partial charge in [-0.3, -0.25) is 10.3 Å². The molecule has 5 nitrogen and oxygen atoms in total. The lowest BCUT2D eigenvalue weighted by atomic mass is 10.0. The second kappa shape index (κ2) is 6.27. The Kier molecular flexibility index (Phi) is 4.42. The number of amides is 1. The first-order valence-electron chi connectivity index (χ1n) is 6.84. The summed E-state index contributed by atoms with van der Waals surface area (Å²) in [5.74, 6) is 0. The minimum Gasteiger partial charge on any atom is -0.444 e. The molecule has 0 atom stereocenters. The van der Waals surface area contributed by atoms with Crippen molar-refractivity contribution < 1.29 is 9.53 Å². The lowest BCUT2D eigenvalue weighted by molar-refractivity contribution is 0.0636. The number of pyridine rings is 1. The number of carbonyl (C=O) groups excluding carboxylic acids is 1. The first kappa shape index (κ1) is 15.5. The molecule has 0 bridgehead atoms. The Morgan fingerprint density at radius 3 is 2.68 bits per heavy atom.